The van der Waals surface area contributed by atoms with Crippen LogP contribution in [-0.2, 0) is 14.2 Å². The van der Waals surface area contributed by atoms with E-state index in [4.69, 9.17) is 18.7 Å². The summed E-state index contributed by atoms with van der Waals surface area (Å²) in [6.45, 7) is 10.3. The second kappa shape index (κ2) is 7.01. The van der Waals surface area contributed by atoms with E-state index in [2.05, 4.69) is 25.9 Å². The molecule has 130 valence electrons. The summed E-state index contributed by atoms with van der Waals surface area (Å²) in [5, 5.41) is 3.88. The molecule has 6 nitrogen and oxygen atoms in total. The molecular weight excluding hydrogens is 298 g/mol. The first-order valence-electron chi connectivity index (χ1n) is 8.09. The predicted molar refractivity (Wildman–Crippen MR) is 84.3 cm³/mol. The van der Waals surface area contributed by atoms with Gasteiger partial charge in [0.25, 0.3) is 0 Å². The van der Waals surface area contributed by atoms with Crippen molar-refractivity contribution in [3.05, 3.63) is 17.0 Å². The van der Waals surface area contributed by atoms with E-state index in [9.17, 15) is 4.79 Å². The number of carbonyl (C=O) groups excluding carboxylic acids is 1. The summed E-state index contributed by atoms with van der Waals surface area (Å²) in [5.74, 6) is 0.121. The van der Waals surface area contributed by atoms with Gasteiger partial charge < -0.3 is 18.7 Å². The number of ether oxygens (including phenoxy) is 3. The number of nitrogens with zero attached hydrogens (tertiary/aromatic N) is 1. The molecule has 1 aliphatic heterocycles. The molecule has 1 aromatic rings. The quantitative estimate of drug-likeness (QED) is 0.790. The first kappa shape index (κ1) is 17.9. The summed E-state index contributed by atoms with van der Waals surface area (Å²) in [7, 11) is 1.71. The Morgan fingerprint density at radius 2 is 2.04 bits per heavy atom. The molecule has 3 atom stereocenters. The van der Waals surface area contributed by atoms with Gasteiger partial charge in [0.2, 0.25) is 0 Å². The first-order valence-corrected chi connectivity index (χ1v) is 8.09. The van der Waals surface area contributed by atoms with Crippen LogP contribution in [0.3, 0.4) is 0 Å². The third-order valence-corrected chi connectivity index (χ3v) is 4.30. The Bertz CT molecular complexity index is 546. The maximum Gasteiger partial charge on any atom is 0.360 e. The van der Waals surface area contributed by atoms with Gasteiger partial charge in [-0.1, -0.05) is 25.9 Å². The fourth-order valence-electron chi connectivity index (χ4n) is 2.84. The van der Waals surface area contributed by atoms with E-state index in [1.807, 2.05) is 6.92 Å². The van der Waals surface area contributed by atoms with Gasteiger partial charge >= 0.3 is 5.97 Å². The first-order chi connectivity index (χ1) is 10.8. The second-order valence-electron chi connectivity index (χ2n) is 7.05. The van der Waals surface area contributed by atoms with Crippen LogP contribution >= 0.6 is 0 Å². The molecule has 1 fully saturated rings. The Morgan fingerprint density at radius 3 is 2.61 bits per heavy atom. The van der Waals surface area contributed by atoms with E-state index in [0.717, 1.165) is 6.42 Å². The normalized spacial score (nSPS) is 25.4. The Morgan fingerprint density at radius 1 is 1.35 bits per heavy atom. The zero-order chi connectivity index (χ0) is 17.2. The monoisotopic (exact) mass is 325 g/mol. The third kappa shape index (κ3) is 3.93. The zero-order valence-electron chi connectivity index (χ0n) is 14.8. The molecule has 0 amide bonds. The lowest BCUT2D eigenvalue weighted by atomic mass is 9.82. The average Bonchev–Trinajstić information content (AvgIpc) is 2.88. The molecule has 0 aromatic carbocycles. The molecule has 23 heavy (non-hydrogen) atoms. The van der Waals surface area contributed by atoms with Crippen LogP contribution in [-0.4, -0.2) is 37.1 Å². The van der Waals surface area contributed by atoms with Crippen molar-refractivity contribution in [2.24, 2.45) is 5.41 Å². The van der Waals surface area contributed by atoms with Crippen molar-refractivity contribution < 1.29 is 23.5 Å². The lowest BCUT2D eigenvalue weighted by Gasteiger charge is -2.40. The SMILES string of the molecule is CCOC(=O)c1noc(C2CC(OC)CC(C(C)(C)C)O2)c1C. The van der Waals surface area contributed by atoms with Gasteiger partial charge in [-0.3, -0.25) is 0 Å². The summed E-state index contributed by atoms with van der Waals surface area (Å²) in [6.07, 6.45) is 1.39. The Balaban J connectivity index is 2.24. The largest absolute Gasteiger partial charge is 0.461 e. The number of esters is 1. The van der Waals surface area contributed by atoms with E-state index in [-0.39, 0.29) is 29.4 Å². The molecule has 2 heterocycles. The van der Waals surface area contributed by atoms with Crippen molar-refractivity contribution in [1.82, 2.24) is 5.16 Å². The molecule has 0 aliphatic carbocycles. The molecule has 6 heteroatoms. The third-order valence-electron chi connectivity index (χ3n) is 4.30. The van der Waals surface area contributed by atoms with E-state index < -0.39 is 5.97 Å². The number of carbonyl (C=O) groups is 1. The minimum atomic E-state index is -0.466. The van der Waals surface area contributed by atoms with Gasteiger partial charge in [0.1, 0.15) is 6.10 Å². The summed E-state index contributed by atoms with van der Waals surface area (Å²) in [6, 6.07) is 0. The smallest absolute Gasteiger partial charge is 0.360 e. The topological polar surface area (TPSA) is 70.8 Å². The number of methoxy groups -OCH3 is 1. The van der Waals surface area contributed by atoms with Crippen molar-refractivity contribution in [3.63, 3.8) is 0 Å². The van der Waals surface area contributed by atoms with Crippen LogP contribution in [0.1, 0.15) is 68.5 Å². The van der Waals surface area contributed by atoms with Gasteiger partial charge in [-0.2, -0.15) is 0 Å². The summed E-state index contributed by atoms with van der Waals surface area (Å²) < 4.78 is 22.2. The van der Waals surface area contributed by atoms with E-state index in [0.29, 0.717) is 24.4 Å². The molecule has 0 N–H and O–H groups in total. The second-order valence-corrected chi connectivity index (χ2v) is 7.05. The van der Waals surface area contributed by atoms with E-state index in [1.165, 1.54) is 0 Å². The summed E-state index contributed by atoms with van der Waals surface area (Å²) >= 11 is 0. The highest BCUT2D eigenvalue weighted by Crippen LogP contribution is 2.40. The van der Waals surface area contributed by atoms with Crippen molar-refractivity contribution in [2.75, 3.05) is 13.7 Å². The molecule has 1 aromatic heterocycles. The highest BCUT2D eigenvalue weighted by atomic mass is 16.5. The van der Waals surface area contributed by atoms with Gasteiger partial charge in [-0.05, 0) is 19.3 Å². The van der Waals surface area contributed by atoms with Crippen LogP contribution in [0.5, 0.6) is 0 Å². The molecule has 0 radical (unpaired) electrons. The number of hydrogen-bond donors (Lipinski definition) is 0. The molecule has 2 rings (SSSR count). The predicted octanol–water partition coefficient (Wildman–Crippen LogP) is 3.44. The minimum Gasteiger partial charge on any atom is -0.461 e. The fraction of sp³-hybridized carbons (Fsp3) is 0.765. The Kier molecular flexibility index (Phi) is 5.47. The van der Waals surface area contributed by atoms with E-state index in [1.54, 1.807) is 14.0 Å². The van der Waals surface area contributed by atoms with Crippen LogP contribution in [0.4, 0.5) is 0 Å². The van der Waals surface area contributed by atoms with Crippen LogP contribution in [0.2, 0.25) is 0 Å². The highest BCUT2D eigenvalue weighted by molar-refractivity contribution is 5.88. The molecule has 0 bridgehead atoms. The van der Waals surface area contributed by atoms with Gasteiger partial charge in [0.15, 0.2) is 11.5 Å². The maximum atomic E-state index is 11.9. The highest BCUT2D eigenvalue weighted by Gasteiger charge is 2.39. The molecule has 1 aliphatic rings. The van der Waals surface area contributed by atoms with Crippen LogP contribution < -0.4 is 0 Å². The van der Waals surface area contributed by atoms with Gasteiger partial charge in [-0.15, -0.1) is 0 Å². The molecular formula is C17H27NO5. The molecule has 1 saturated heterocycles. The lowest BCUT2D eigenvalue weighted by molar-refractivity contribution is -0.150. The van der Waals surface area contributed by atoms with Crippen LogP contribution in [0.25, 0.3) is 0 Å². The van der Waals surface area contributed by atoms with Crippen molar-refractivity contribution >= 4 is 5.97 Å². The maximum absolute atomic E-state index is 11.9. The number of rotatable bonds is 4. The van der Waals surface area contributed by atoms with Gasteiger partial charge in [-0.25, -0.2) is 4.79 Å². The van der Waals surface area contributed by atoms with E-state index >= 15 is 0 Å². The Labute approximate surface area is 137 Å². The fourth-order valence-corrected chi connectivity index (χ4v) is 2.84. The minimum absolute atomic E-state index is 0.00660. The molecule has 0 spiro atoms. The van der Waals surface area contributed by atoms with Crippen molar-refractivity contribution in [3.8, 4) is 0 Å². The number of hydrogen-bond acceptors (Lipinski definition) is 6. The molecule has 0 saturated carbocycles. The van der Waals surface area contributed by atoms with Gasteiger partial charge in [0.05, 0.1) is 18.8 Å². The van der Waals surface area contributed by atoms with Crippen molar-refractivity contribution in [2.45, 2.75) is 65.8 Å². The van der Waals surface area contributed by atoms with Crippen LogP contribution in [0, 0.1) is 12.3 Å². The standard InChI is InChI=1S/C17H27NO5/c1-7-21-16(19)14-10(2)15(23-18-14)12-8-11(20-6)9-13(22-12)17(3,4)5/h11-13H,7-9H2,1-6H3. The summed E-state index contributed by atoms with van der Waals surface area (Å²) in [5.41, 5.74) is 0.892. The number of aromatic nitrogens is 1. The lowest BCUT2D eigenvalue weighted by Crippen LogP contribution is -2.40. The van der Waals surface area contributed by atoms with Crippen molar-refractivity contribution in [1.29, 1.82) is 0 Å². The van der Waals surface area contributed by atoms with Gasteiger partial charge in [0, 0.05) is 25.5 Å². The Hall–Kier alpha value is -1.40. The van der Waals surface area contributed by atoms with Crippen LogP contribution in [0.15, 0.2) is 4.52 Å². The average molecular weight is 325 g/mol. The summed E-state index contributed by atoms with van der Waals surface area (Å²) in [4.78, 5) is 11.9. The molecule has 3 unspecified atom stereocenters. The zero-order valence-corrected chi connectivity index (χ0v) is 14.8.